The van der Waals surface area contributed by atoms with Crippen molar-refractivity contribution in [2.45, 2.75) is 39.2 Å². The summed E-state index contributed by atoms with van der Waals surface area (Å²) >= 11 is 0. The second-order valence-electron chi connectivity index (χ2n) is 4.74. The monoisotopic (exact) mass is 251 g/mol. The number of nitrogens with two attached hydrogens (primary N) is 1. The van der Waals surface area contributed by atoms with Gasteiger partial charge in [-0.1, -0.05) is 6.92 Å². The molecule has 1 rings (SSSR count). The second-order valence-corrected chi connectivity index (χ2v) is 4.74. The van der Waals surface area contributed by atoms with Crippen molar-refractivity contribution in [3.05, 3.63) is 23.5 Å². The molecule has 0 aliphatic rings. The third-order valence-electron chi connectivity index (χ3n) is 3.21. The van der Waals surface area contributed by atoms with E-state index in [9.17, 15) is 4.79 Å². The summed E-state index contributed by atoms with van der Waals surface area (Å²) in [5, 5.41) is 12.0. The lowest BCUT2D eigenvalue weighted by molar-refractivity contribution is 0.0885. The molecule has 1 aromatic heterocycles. The van der Waals surface area contributed by atoms with Crippen molar-refractivity contribution < 1.29 is 9.90 Å². The Morgan fingerprint density at radius 2 is 2.28 bits per heavy atom. The van der Waals surface area contributed by atoms with Crippen LogP contribution in [-0.2, 0) is 0 Å². The quantitative estimate of drug-likeness (QED) is 0.735. The van der Waals surface area contributed by atoms with Gasteiger partial charge in [-0.15, -0.1) is 0 Å². The van der Waals surface area contributed by atoms with Crippen molar-refractivity contribution in [3.8, 4) is 0 Å². The van der Waals surface area contributed by atoms with Gasteiger partial charge in [0.15, 0.2) is 0 Å². The van der Waals surface area contributed by atoms with Gasteiger partial charge in [0, 0.05) is 12.1 Å². The molecule has 5 nitrogen and oxygen atoms in total. The van der Waals surface area contributed by atoms with Crippen LogP contribution in [0.1, 0.15) is 42.7 Å². The SMILES string of the molecule is CCC(C)(CCO)NC(=O)c1cc(N)cnc1C. The molecule has 1 unspecified atom stereocenters. The maximum atomic E-state index is 12.2. The molecule has 4 N–H and O–H groups in total. The molecule has 100 valence electrons. The fourth-order valence-corrected chi connectivity index (χ4v) is 1.69. The van der Waals surface area contributed by atoms with Gasteiger partial charge in [0.1, 0.15) is 0 Å². The van der Waals surface area contributed by atoms with Crippen LogP contribution in [0.2, 0.25) is 0 Å². The van der Waals surface area contributed by atoms with E-state index in [0.717, 1.165) is 6.42 Å². The Labute approximate surface area is 107 Å². The van der Waals surface area contributed by atoms with Crippen LogP contribution in [0.25, 0.3) is 0 Å². The predicted octanol–water partition coefficient (Wildman–Crippen LogP) is 1.25. The van der Waals surface area contributed by atoms with Crippen LogP contribution in [0.4, 0.5) is 5.69 Å². The largest absolute Gasteiger partial charge is 0.397 e. The maximum absolute atomic E-state index is 12.2. The Kier molecular flexibility index (Phi) is 4.67. The van der Waals surface area contributed by atoms with E-state index < -0.39 is 5.54 Å². The van der Waals surface area contributed by atoms with Gasteiger partial charge in [-0.05, 0) is 32.8 Å². The van der Waals surface area contributed by atoms with Crippen LogP contribution in [0, 0.1) is 6.92 Å². The third kappa shape index (κ3) is 3.43. The normalized spacial score (nSPS) is 14.0. The summed E-state index contributed by atoms with van der Waals surface area (Å²) in [5.74, 6) is -0.204. The van der Waals surface area contributed by atoms with Gasteiger partial charge in [0.2, 0.25) is 0 Å². The van der Waals surface area contributed by atoms with E-state index in [0.29, 0.717) is 23.4 Å². The highest BCUT2D eigenvalue weighted by Gasteiger charge is 2.25. The highest BCUT2D eigenvalue weighted by molar-refractivity contribution is 5.96. The minimum Gasteiger partial charge on any atom is -0.397 e. The number of amides is 1. The number of pyridine rings is 1. The molecule has 1 amide bonds. The van der Waals surface area contributed by atoms with Crippen molar-refractivity contribution >= 4 is 11.6 Å². The number of hydrogen-bond donors (Lipinski definition) is 3. The first kappa shape index (κ1) is 14.4. The van der Waals surface area contributed by atoms with Crippen molar-refractivity contribution in [2.75, 3.05) is 12.3 Å². The number of hydrogen-bond acceptors (Lipinski definition) is 4. The van der Waals surface area contributed by atoms with Gasteiger partial charge in [0.25, 0.3) is 5.91 Å². The van der Waals surface area contributed by atoms with E-state index in [4.69, 9.17) is 10.8 Å². The number of aliphatic hydroxyl groups is 1. The number of rotatable bonds is 5. The summed E-state index contributed by atoms with van der Waals surface area (Å²) in [6.07, 6.45) is 2.79. The van der Waals surface area contributed by atoms with E-state index in [1.807, 2.05) is 13.8 Å². The van der Waals surface area contributed by atoms with Crippen LogP contribution in [0.15, 0.2) is 12.3 Å². The van der Waals surface area contributed by atoms with Crippen molar-refractivity contribution in [3.63, 3.8) is 0 Å². The fourth-order valence-electron chi connectivity index (χ4n) is 1.69. The zero-order valence-corrected chi connectivity index (χ0v) is 11.2. The lowest BCUT2D eigenvalue weighted by Crippen LogP contribution is -2.46. The summed E-state index contributed by atoms with van der Waals surface area (Å²) in [4.78, 5) is 16.2. The zero-order valence-electron chi connectivity index (χ0n) is 11.2. The standard InChI is InChI=1S/C13H21N3O2/c1-4-13(3,5-6-17)16-12(18)11-7-10(14)8-15-9(11)2/h7-8,17H,4-6,14H2,1-3H3,(H,16,18). The van der Waals surface area contributed by atoms with Crippen LogP contribution in [0.3, 0.4) is 0 Å². The molecule has 1 aromatic rings. The lowest BCUT2D eigenvalue weighted by atomic mass is 9.94. The van der Waals surface area contributed by atoms with Crippen molar-refractivity contribution in [1.29, 1.82) is 0 Å². The van der Waals surface area contributed by atoms with E-state index >= 15 is 0 Å². The van der Waals surface area contributed by atoms with Crippen molar-refractivity contribution in [1.82, 2.24) is 10.3 Å². The first-order chi connectivity index (χ1) is 8.41. The average molecular weight is 251 g/mol. The molecule has 18 heavy (non-hydrogen) atoms. The summed E-state index contributed by atoms with van der Waals surface area (Å²) in [6, 6.07) is 1.62. The Bertz CT molecular complexity index is 434. The smallest absolute Gasteiger partial charge is 0.253 e. The molecule has 0 saturated heterocycles. The van der Waals surface area contributed by atoms with E-state index in [-0.39, 0.29) is 12.5 Å². The number of aliphatic hydroxyl groups excluding tert-OH is 1. The molecule has 5 heteroatoms. The first-order valence-electron chi connectivity index (χ1n) is 6.07. The van der Waals surface area contributed by atoms with Gasteiger partial charge in [-0.25, -0.2) is 0 Å². The Hall–Kier alpha value is -1.62. The first-order valence-corrected chi connectivity index (χ1v) is 6.07. The number of nitrogen functional groups attached to an aromatic ring is 1. The van der Waals surface area contributed by atoms with Crippen LogP contribution in [0.5, 0.6) is 0 Å². The molecule has 0 saturated carbocycles. The molecule has 0 aliphatic carbocycles. The maximum Gasteiger partial charge on any atom is 0.253 e. The van der Waals surface area contributed by atoms with Gasteiger partial charge < -0.3 is 16.2 Å². The van der Waals surface area contributed by atoms with Gasteiger partial charge in [-0.2, -0.15) is 0 Å². The molecular weight excluding hydrogens is 230 g/mol. The molecule has 0 fully saturated rings. The number of carbonyl (C=O) groups excluding carboxylic acids is 1. The second kappa shape index (κ2) is 5.82. The number of carbonyl (C=O) groups is 1. The summed E-state index contributed by atoms with van der Waals surface area (Å²) in [7, 11) is 0. The average Bonchev–Trinajstić information content (AvgIpc) is 2.32. The molecule has 0 bridgehead atoms. The number of nitrogens with zero attached hydrogens (tertiary/aromatic N) is 1. The minimum atomic E-state index is -0.414. The highest BCUT2D eigenvalue weighted by Crippen LogP contribution is 2.16. The van der Waals surface area contributed by atoms with Gasteiger partial charge in [0.05, 0.1) is 23.1 Å². The molecule has 1 heterocycles. The Balaban J connectivity index is 2.90. The van der Waals surface area contributed by atoms with Gasteiger partial charge in [-0.3, -0.25) is 9.78 Å². The van der Waals surface area contributed by atoms with E-state index in [1.165, 1.54) is 6.20 Å². The molecule has 0 aliphatic heterocycles. The number of anilines is 1. The molecule has 1 atom stereocenters. The fraction of sp³-hybridized carbons (Fsp3) is 0.538. The number of nitrogens with one attached hydrogen (secondary N) is 1. The predicted molar refractivity (Wildman–Crippen MR) is 71.3 cm³/mol. The zero-order chi connectivity index (χ0) is 13.8. The number of aromatic nitrogens is 1. The lowest BCUT2D eigenvalue weighted by Gasteiger charge is -2.29. The number of aryl methyl sites for hydroxylation is 1. The molecule has 0 aromatic carbocycles. The van der Waals surface area contributed by atoms with Crippen molar-refractivity contribution in [2.24, 2.45) is 0 Å². The summed E-state index contributed by atoms with van der Waals surface area (Å²) < 4.78 is 0. The Morgan fingerprint density at radius 1 is 1.61 bits per heavy atom. The Morgan fingerprint density at radius 3 is 2.83 bits per heavy atom. The highest BCUT2D eigenvalue weighted by atomic mass is 16.3. The third-order valence-corrected chi connectivity index (χ3v) is 3.21. The minimum absolute atomic E-state index is 0.0405. The van der Waals surface area contributed by atoms with E-state index in [1.54, 1.807) is 13.0 Å². The molecule has 0 spiro atoms. The van der Waals surface area contributed by atoms with Gasteiger partial charge >= 0.3 is 0 Å². The van der Waals surface area contributed by atoms with Crippen LogP contribution < -0.4 is 11.1 Å². The summed E-state index contributed by atoms with van der Waals surface area (Å²) in [5.41, 5.74) is 6.81. The van der Waals surface area contributed by atoms with E-state index in [2.05, 4.69) is 10.3 Å². The van der Waals surface area contributed by atoms with Crippen LogP contribution in [-0.4, -0.2) is 28.1 Å². The molecular formula is C13H21N3O2. The summed E-state index contributed by atoms with van der Waals surface area (Å²) in [6.45, 7) is 5.69. The topological polar surface area (TPSA) is 88.2 Å². The van der Waals surface area contributed by atoms with Crippen LogP contribution >= 0.6 is 0 Å². The molecule has 0 radical (unpaired) electrons.